The van der Waals surface area contributed by atoms with Gasteiger partial charge in [-0.3, -0.25) is 9.59 Å². The second kappa shape index (κ2) is 13.2. The molecule has 5 heteroatoms. The molecule has 0 saturated carbocycles. The molecule has 3 nitrogen and oxygen atoms in total. The number of carbonyl (C=O) groups excluding carboxylic acids is 2. The van der Waals surface area contributed by atoms with E-state index in [0.717, 1.165) is 31.4 Å². The van der Waals surface area contributed by atoms with Crippen LogP contribution >= 0.6 is 23.4 Å². The van der Waals surface area contributed by atoms with Crippen LogP contribution in [0.1, 0.15) is 51.9 Å². The molecular formula is C13H23ClO3S. The number of alkyl halides is 1. The molecule has 0 aliphatic carbocycles. The van der Waals surface area contributed by atoms with Crippen LogP contribution in [0.3, 0.4) is 0 Å². The maximum Gasteiger partial charge on any atom is 0.306 e. The van der Waals surface area contributed by atoms with Crippen LogP contribution < -0.4 is 0 Å². The van der Waals surface area contributed by atoms with Crippen molar-refractivity contribution in [2.45, 2.75) is 51.9 Å². The highest BCUT2D eigenvalue weighted by Crippen LogP contribution is 2.10. The molecule has 0 rings (SSSR count). The zero-order chi connectivity index (χ0) is 13.6. The third-order valence-corrected chi connectivity index (χ3v) is 3.49. The van der Waals surface area contributed by atoms with E-state index < -0.39 is 0 Å². The lowest BCUT2D eigenvalue weighted by molar-refractivity contribution is -0.143. The van der Waals surface area contributed by atoms with Crippen molar-refractivity contribution >= 4 is 34.4 Å². The van der Waals surface area contributed by atoms with Gasteiger partial charge in [0.15, 0.2) is 5.12 Å². The Morgan fingerprint density at radius 3 is 2.28 bits per heavy atom. The molecule has 0 aromatic rings. The van der Waals surface area contributed by atoms with Gasteiger partial charge in [-0.2, -0.15) is 0 Å². The minimum atomic E-state index is -0.203. The van der Waals surface area contributed by atoms with Gasteiger partial charge in [0, 0.05) is 18.6 Å². The molecule has 0 unspecified atom stereocenters. The Labute approximate surface area is 119 Å². The lowest BCUT2D eigenvalue weighted by Crippen LogP contribution is -2.06. The summed E-state index contributed by atoms with van der Waals surface area (Å²) in [6, 6.07) is 0. The van der Waals surface area contributed by atoms with Crippen molar-refractivity contribution in [3.63, 3.8) is 0 Å². The summed E-state index contributed by atoms with van der Waals surface area (Å²) >= 11 is 6.82. The molecule has 0 saturated heterocycles. The first-order chi connectivity index (χ1) is 8.66. The van der Waals surface area contributed by atoms with E-state index in [1.54, 1.807) is 6.92 Å². The smallest absolute Gasteiger partial charge is 0.306 e. The van der Waals surface area contributed by atoms with Crippen molar-refractivity contribution in [1.82, 2.24) is 0 Å². The van der Waals surface area contributed by atoms with Crippen molar-refractivity contribution in [3.05, 3.63) is 0 Å². The highest BCUT2D eigenvalue weighted by Gasteiger charge is 2.00. The van der Waals surface area contributed by atoms with Crippen molar-refractivity contribution in [3.8, 4) is 0 Å². The van der Waals surface area contributed by atoms with Crippen molar-refractivity contribution < 1.29 is 14.3 Å². The van der Waals surface area contributed by atoms with Crippen LogP contribution in [0.2, 0.25) is 0 Å². The van der Waals surface area contributed by atoms with Gasteiger partial charge in [0.25, 0.3) is 0 Å². The Kier molecular flexibility index (Phi) is 13.1. The van der Waals surface area contributed by atoms with Crippen molar-refractivity contribution in [2.75, 3.05) is 18.2 Å². The molecule has 0 amide bonds. The average Bonchev–Trinajstić information content (AvgIpc) is 2.31. The topological polar surface area (TPSA) is 43.4 Å². The molecule has 0 aromatic heterocycles. The van der Waals surface area contributed by atoms with Gasteiger partial charge in [0.2, 0.25) is 0 Å². The molecule has 106 valence electrons. The Morgan fingerprint density at radius 2 is 1.67 bits per heavy atom. The molecule has 0 fully saturated rings. The molecule has 0 aromatic carbocycles. The number of unbranched alkanes of at least 4 members (excludes halogenated alkanes) is 5. The van der Waals surface area contributed by atoms with E-state index >= 15 is 0 Å². The molecular weight excluding hydrogens is 272 g/mol. The lowest BCUT2D eigenvalue weighted by atomic mass is 10.1. The molecule has 0 heterocycles. The number of esters is 1. The Balaban J connectivity index is 3.07. The predicted molar refractivity (Wildman–Crippen MR) is 77.1 cm³/mol. The van der Waals surface area contributed by atoms with Crippen molar-refractivity contribution in [1.29, 1.82) is 0 Å². The van der Waals surface area contributed by atoms with Gasteiger partial charge in [-0.15, -0.1) is 11.6 Å². The van der Waals surface area contributed by atoms with Gasteiger partial charge >= 0.3 is 5.97 Å². The molecule has 0 N–H and O–H groups in total. The monoisotopic (exact) mass is 294 g/mol. The number of halogens is 1. The van der Waals surface area contributed by atoms with E-state index in [-0.39, 0.29) is 11.1 Å². The van der Waals surface area contributed by atoms with E-state index in [1.165, 1.54) is 24.6 Å². The second-order valence-corrected chi connectivity index (χ2v) is 5.77. The Morgan fingerprint density at radius 1 is 1.06 bits per heavy atom. The maximum absolute atomic E-state index is 11.0. The van der Waals surface area contributed by atoms with Crippen LogP contribution in [0.25, 0.3) is 0 Å². The third kappa shape index (κ3) is 13.8. The van der Waals surface area contributed by atoms with Gasteiger partial charge in [0.05, 0.1) is 13.0 Å². The normalized spacial score (nSPS) is 10.3. The minimum Gasteiger partial charge on any atom is -0.466 e. The summed E-state index contributed by atoms with van der Waals surface area (Å²) in [4.78, 5) is 21.6. The average molecular weight is 295 g/mol. The van der Waals surface area contributed by atoms with Crippen LogP contribution in [0, 0.1) is 0 Å². The van der Waals surface area contributed by atoms with E-state index in [2.05, 4.69) is 0 Å². The molecule has 0 aliphatic heterocycles. The SMILES string of the molecule is CC(=O)SCCCCCCCCOC(=O)CCCl. The number of thioether (sulfide) groups is 1. The van der Waals surface area contributed by atoms with E-state index in [4.69, 9.17) is 16.3 Å². The summed E-state index contributed by atoms with van der Waals surface area (Å²) < 4.78 is 4.99. The Bertz CT molecular complexity index is 234. The fraction of sp³-hybridized carbons (Fsp3) is 0.846. The highest BCUT2D eigenvalue weighted by molar-refractivity contribution is 8.13. The lowest BCUT2D eigenvalue weighted by Gasteiger charge is -2.03. The zero-order valence-corrected chi connectivity index (χ0v) is 12.7. The van der Waals surface area contributed by atoms with E-state index in [9.17, 15) is 9.59 Å². The summed E-state index contributed by atoms with van der Waals surface area (Å²) in [7, 11) is 0. The predicted octanol–water partition coefficient (Wildman–Crippen LogP) is 3.78. The van der Waals surface area contributed by atoms with Gasteiger partial charge < -0.3 is 4.74 Å². The second-order valence-electron chi connectivity index (χ2n) is 4.12. The summed E-state index contributed by atoms with van der Waals surface area (Å²) in [5.41, 5.74) is 0. The number of ether oxygens (including phenoxy) is 1. The largest absolute Gasteiger partial charge is 0.466 e. The van der Waals surface area contributed by atoms with Crippen molar-refractivity contribution in [2.24, 2.45) is 0 Å². The molecule has 0 spiro atoms. The fourth-order valence-corrected chi connectivity index (χ4v) is 2.25. The first-order valence-electron chi connectivity index (χ1n) is 6.51. The molecule has 18 heavy (non-hydrogen) atoms. The molecule has 0 atom stereocenters. The first kappa shape index (κ1) is 17.8. The van der Waals surface area contributed by atoms with E-state index in [0.29, 0.717) is 18.9 Å². The summed E-state index contributed by atoms with van der Waals surface area (Å²) in [6.07, 6.45) is 6.95. The van der Waals surface area contributed by atoms with Crippen LogP contribution in [-0.2, 0) is 14.3 Å². The van der Waals surface area contributed by atoms with E-state index in [1.807, 2.05) is 0 Å². The summed E-state index contributed by atoms with van der Waals surface area (Å²) in [6.45, 7) is 2.12. The van der Waals surface area contributed by atoms with Crippen LogP contribution in [-0.4, -0.2) is 29.3 Å². The number of rotatable bonds is 11. The Hall–Kier alpha value is -0.220. The molecule has 0 bridgehead atoms. The number of hydrogen-bond donors (Lipinski definition) is 0. The van der Waals surface area contributed by atoms with Gasteiger partial charge in [-0.1, -0.05) is 37.4 Å². The minimum absolute atomic E-state index is 0.203. The van der Waals surface area contributed by atoms with Crippen LogP contribution in [0.15, 0.2) is 0 Å². The highest BCUT2D eigenvalue weighted by atomic mass is 35.5. The quantitative estimate of drug-likeness (QED) is 0.330. The number of carbonyl (C=O) groups is 2. The maximum atomic E-state index is 11.0. The number of hydrogen-bond acceptors (Lipinski definition) is 4. The summed E-state index contributed by atoms with van der Waals surface area (Å²) in [5.74, 6) is 1.06. The molecule has 0 aliphatic rings. The first-order valence-corrected chi connectivity index (χ1v) is 8.03. The standard InChI is InChI=1S/C13H23ClO3S/c1-12(15)18-11-7-5-3-2-4-6-10-17-13(16)8-9-14/h2-11H2,1H3. The van der Waals surface area contributed by atoms with Crippen LogP contribution in [0.5, 0.6) is 0 Å². The van der Waals surface area contributed by atoms with Crippen LogP contribution in [0.4, 0.5) is 0 Å². The summed E-state index contributed by atoms with van der Waals surface area (Å²) in [5, 5.41) is 0.203. The fourth-order valence-electron chi connectivity index (χ4n) is 1.46. The third-order valence-electron chi connectivity index (χ3n) is 2.41. The zero-order valence-electron chi connectivity index (χ0n) is 11.1. The van der Waals surface area contributed by atoms with Gasteiger partial charge in [-0.25, -0.2) is 0 Å². The molecule has 0 radical (unpaired) electrons. The van der Waals surface area contributed by atoms with Gasteiger partial charge in [0.1, 0.15) is 0 Å². The van der Waals surface area contributed by atoms with Gasteiger partial charge in [-0.05, 0) is 12.8 Å².